The molecule has 2 N–H and O–H groups in total. The molecule has 4 heteroatoms. The summed E-state index contributed by atoms with van der Waals surface area (Å²) in [7, 11) is 0. The van der Waals surface area contributed by atoms with Crippen molar-refractivity contribution < 1.29 is 14.3 Å². The summed E-state index contributed by atoms with van der Waals surface area (Å²) in [6.07, 6.45) is 4.72. The highest BCUT2D eigenvalue weighted by molar-refractivity contribution is 5.95. The van der Waals surface area contributed by atoms with Crippen molar-refractivity contribution in [1.82, 2.24) is 5.32 Å². The summed E-state index contributed by atoms with van der Waals surface area (Å²) in [6, 6.07) is 9.34. The van der Waals surface area contributed by atoms with E-state index < -0.39 is 0 Å². The minimum atomic E-state index is -0.0965. The van der Waals surface area contributed by atoms with Gasteiger partial charge in [-0.1, -0.05) is 12.1 Å². The molecule has 0 radical (unpaired) electrons. The van der Waals surface area contributed by atoms with Gasteiger partial charge in [-0.15, -0.1) is 0 Å². The highest BCUT2D eigenvalue weighted by atomic mass is 16.3. The van der Waals surface area contributed by atoms with Crippen LogP contribution in [-0.2, 0) is 0 Å². The molecule has 2 aromatic rings. The number of furan rings is 1. The number of benzene rings is 1. The smallest absolute Gasteiger partial charge is 0.251 e. The van der Waals surface area contributed by atoms with E-state index in [2.05, 4.69) is 5.32 Å². The molecule has 0 fully saturated rings. The van der Waals surface area contributed by atoms with Crippen LogP contribution in [0.1, 0.15) is 30.1 Å². The first-order chi connectivity index (χ1) is 9.70. The lowest BCUT2D eigenvalue weighted by Gasteiger charge is -2.13. The second kappa shape index (κ2) is 6.91. The van der Waals surface area contributed by atoms with Crippen molar-refractivity contribution in [3.05, 3.63) is 48.4 Å². The Hall–Kier alpha value is -2.07. The molecule has 0 aliphatic heterocycles. The van der Waals surface area contributed by atoms with E-state index in [0.29, 0.717) is 12.0 Å². The molecular formula is C16H19NO3. The summed E-state index contributed by atoms with van der Waals surface area (Å²) in [6.45, 7) is 2.09. The van der Waals surface area contributed by atoms with Gasteiger partial charge in [0.1, 0.15) is 0 Å². The molecular weight excluding hydrogens is 254 g/mol. The van der Waals surface area contributed by atoms with Gasteiger partial charge in [-0.25, -0.2) is 0 Å². The van der Waals surface area contributed by atoms with Crippen LogP contribution < -0.4 is 5.32 Å². The molecule has 2 rings (SSSR count). The fourth-order valence-electron chi connectivity index (χ4n) is 2.05. The summed E-state index contributed by atoms with van der Waals surface area (Å²) < 4.78 is 5.05. The van der Waals surface area contributed by atoms with Crippen LogP contribution in [0.2, 0.25) is 0 Å². The third-order valence-electron chi connectivity index (χ3n) is 3.15. The average Bonchev–Trinajstić information content (AvgIpc) is 2.99. The van der Waals surface area contributed by atoms with Crippen molar-refractivity contribution in [2.24, 2.45) is 0 Å². The first-order valence-electron chi connectivity index (χ1n) is 6.75. The van der Waals surface area contributed by atoms with Crippen LogP contribution >= 0.6 is 0 Å². The van der Waals surface area contributed by atoms with E-state index in [1.807, 2.05) is 31.2 Å². The summed E-state index contributed by atoms with van der Waals surface area (Å²) in [4.78, 5) is 12.1. The minimum Gasteiger partial charge on any atom is -0.472 e. The Labute approximate surface area is 118 Å². The molecule has 1 unspecified atom stereocenters. The maximum absolute atomic E-state index is 12.1. The van der Waals surface area contributed by atoms with Crippen molar-refractivity contribution in [3.63, 3.8) is 0 Å². The number of carbonyl (C=O) groups excluding carboxylic acids is 1. The molecule has 0 spiro atoms. The number of rotatable bonds is 6. The van der Waals surface area contributed by atoms with Gasteiger partial charge >= 0.3 is 0 Å². The zero-order valence-corrected chi connectivity index (χ0v) is 11.5. The van der Waals surface area contributed by atoms with Crippen LogP contribution in [0.15, 0.2) is 47.3 Å². The lowest BCUT2D eigenvalue weighted by molar-refractivity contribution is 0.0936. The Morgan fingerprint density at radius 1 is 1.35 bits per heavy atom. The molecule has 0 saturated carbocycles. The van der Waals surface area contributed by atoms with Gasteiger partial charge < -0.3 is 14.8 Å². The van der Waals surface area contributed by atoms with Crippen molar-refractivity contribution in [2.75, 3.05) is 6.61 Å². The third kappa shape index (κ3) is 3.71. The zero-order valence-electron chi connectivity index (χ0n) is 11.5. The third-order valence-corrected chi connectivity index (χ3v) is 3.15. The number of hydrogen-bond donors (Lipinski definition) is 2. The largest absolute Gasteiger partial charge is 0.472 e. The highest BCUT2D eigenvalue weighted by Crippen LogP contribution is 2.20. The molecule has 0 aliphatic rings. The van der Waals surface area contributed by atoms with Crippen LogP contribution in [-0.4, -0.2) is 23.7 Å². The van der Waals surface area contributed by atoms with Gasteiger partial charge in [-0.2, -0.15) is 0 Å². The zero-order chi connectivity index (χ0) is 14.4. The molecule has 1 amide bonds. The lowest BCUT2D eigenvalue weighted by atomic mass is 10.1. The SMILES string of the molecule is CC(CCCO)NC(=O)c1cccc(-c2ccoc2)c1. The van der Waals surface area contributed by atoms with Gasteiger partial charge in [0.2, 0.25) is 0 Å². The summed E-state index contributed by atoms with van der Waals surface area (Å²) in [5.41, 5.74) is 2.53. The molecule has 0 aliphatic carbocycles. The summed E-state index contributed by atoms with van der Waals surface area (Å²) in [5.74, 6) is -0.0965. The molecule has 4 nitrogen and oxygen atoms in total. The molecule has 1 atom stereocenters. The van der Waals surface area contributed by atoms with Gasteiger partial charge in [-0.3, -0.25) is 4.79 Å². The number of amides is 1. The van der Waals surface area contributed by atoms with E-state index in [1.165, 1.54) is 0 Å². The number of aliphatic hydroxyl groups excluding tert-OH is 1. The highest BCUT2D eigenvalue weighted by Gasteiger charge is 2.10. The van der Waals surface area contributed by atoms with E-state index in [-0.39, 0.29) is 18.6 Å². The molecule has 1 aromatic carbocycles. The number of hydrogen-bond acceptors (Lipinski definition) is 3. The van der Waals surface area contributed by atoms with Gasteiger partial charge in [-0.05, 0) is 43.5 Å². The number of aliphatic hydroxyl groups is 1. The Morgan fingerprint density at radius 2 is 2.20 bits per heavy atom. The first kappa shape index (κ1) is 14.3. The Balaban J connectivity index is 2.05. The Morgan fingerprint density at radius 3 is 2.90 bits per heavy atom. The van der Waals surface area contributed by atoms with E-state index in [9.17, 15) is 4.79 Å². The van der Waals surface area contributed by atoms with E-state index in [0.717, 1.165) is 17.5 Å². The second-order valence-corrected chi connectivity index (χ2v) is 4.83. The predicted octanol–water partition coefficient (Wildman–Crippen LogP) is 2.84. The van der Waals surface area contributed by atoms with E-state index in [1.54, 1.807) is 18.6 Å². The minimum absolute atomic E-state index is 0.0484. The van der Waals surface area contributed by atoms with Crippen LogP contribution in [0, 0.1) is 0 Å². The predicted molar refractivity (Wildman–Crippen MR) is 77.4 cm³/mol. The number of nitrogens with one attached hydrogen (secondary N) is 1. The van der Waals surface area contributed by atoms with E-state index >= 15 is 0 Å². The molecule has 1 aromatic heterocycles. The van der Waals surface area contributed by atoms with Gasteiger partial charge in [0.15, 0.2) is 0 Å². The van der Waals surface area contributed by atoms with Crippen molar-refractivity contribution in [1.29, 1.82) is 0 Å². The normalized spacial score (nSPS) is 12.1. The van der Waals surface area contributed by atoms with Crippen LogP contribution in [0.25, 0.3) is 11.1 Å². The molecule has 20 heavy (non-hydrogen) atoms. The molecule has 0 saturated heterocycles. The summed E-state index contributed by atoms with van der Waals surface area (Å²) >= 11 is 0. The maximum atomic E-state index is 12.1. The topological polar surface area (TPSA) is 62.5 Å². The Bertz CT molecular complexity index is 549. The van der Waals surface area contributed by atoms with Crippen LogP contribution in [0.5, 0.6) is 0 Å². The average molecular weight is 273 g/mol. The Kier molecular flexibility index (Phi) is 4.96. The molecule has 1 heterocycles. The monoisotopic (exact) mass is 273 g/mol. The fourth-order valence-corrected chi connectivity index (χ4v) is 2.05. The number of carbonyl (C=O) groups is 1. The van der Waals surface area contributed by atoms with Crippen molar-refractivity contribution in [3.8, 4) is 11.1 Å². The van der Waals surface area contributed by atoms with E-state index in [4.69, 9.17) is 9.52 Å². The fraction of sp³-hybridized carbons (Fsp3) is 0.312. The van der Waals surface area contributed by atoms with Gasteiger partial charge in [0, 0.05) is 23.8 Å². The molecule has 0 bridgehead atoms. The van der Waals surface area contributed by atoms with Crippen molar-refractivity contribution in [2.45, 2.75) is 25.8 Å². The van der Waals surface area contributed by atoms with Gasteiger partial charge in [0.25, 0.3) is 5.91 Å². The second-order valence-electron chi connectivity index (χ2n) is 4.83. The van der Waals surface area contributed by atoms with Crippen molar-refractivity contribution >= 4 is 5.91 Å². The summed E-state index contributed by atoms with van der Waals surface area (Å²) in [5, 5.41) is 11.7. The first-order valence-corrected chi connectivity index (χ1v) is 6.75. The lowest BCUT2D eigenvalue weighted by Crippen LogP contribution is -2.32. The van der Waals surface area contributed by atoms with Gasteiger partial charge in [0.05, 0.1) is 12.5 Å². The van der Waals surface area contributed by atoms with Crippen LogP contribution in [0.3, 0.4) is 0 Å². The quantitative estimate of drug-likeness (QED) is 0.850. The molecule has 106 valence electrons. The maximum Gasteiger partial charge on any atom is 0.251 e. The van der Waals surface area contributed by atoms with Crippen LogP contribution in [0.4, 0.5) is 0 Å². The standard InChI is InChI=1S/C16H19NO3/c1-12(4-3-8-18)17-16(19)14-6-2-5-13(10-14)15-7-9-20-11-15/h2,5-7,9-12,18H,3-4,8H2,1H3,(H,17,19).